The second-order valence-corrected chi connectivity index (χ2v) is 4.22. The predicted molar refractivity (Wildman–Crippen MR) is 71.1 cm³/mol. The lowest BCUT2D eigenvalue weighted by atomic mass is 10.2. The van der Waals surface area contributed by atoms with Gasteiger partial charge in [0.1, 0.15) is 5.52 Å². The quantitative estimate of drug-likeness (QED) is 0.577. The SMILES string of the molecule is CCOC(=O)C[n+]1cc([O-])c2cc(OC)c(OC)cc2n1. The van der Waals surface area contributed by atoms with E-state index >= 15 is 0 Å². The molecule has 0 radical (unpaired) electrons. The van der Waals surface area contributed by atoms with Crippen molar-refractivity contribution in [3.05, 3.63) is 18.3 Å². The maximum atomic E-state index is 12.1. The number of benzene rings is 1. The van der Waals surface area contributed by atoms with E-state index in [0.717, 1.165) is 0 Å². The minimum Gasteiger partial charge on any atom is -0.868 e. The van der Waals surface area contributed by atoms with E-state index in [2.05, 4.69) is 5.10 Å². The van der Waals surface area contributed by atoms with Gasteiger partial charge in [0, 0.05) is 16.6 Å². The molecular formula is C14H16N2O5. The molecule has 0 saturated heterocycles. The average molecular weight is 292 g/mol. The molecule has 0 amide bonds. The van der Waals surface area contributed by atoms with Crippen LogP contribution in [-0.4, -0.2) is 31.9 Å². The Morgan fingerprint density at radius 1 is 1.29 bits per heavy atom. The molecule has 0 aliphatic heterocycles. The highest BCUT2D eigenvalue weighted by atomic mass is 16.5. The molecule has 0 aliphatic rings. The van der Waals surface area contributed by atoms with Crippen LogP contribution in [0.5, 0.6) is 17.2 Å². The minimum absolute atomic E-state index is 0.118. The number of carbonyl (C=O) groups excluding carboxylic acids is 1. The Bertz CT molecular complexity index is 672. The second-order valence-electron chi connectivity index (χ2n) is 4.22. The maximum absolute atomic E-state index is 12.1. The molecule has 0 saturated carbocycles. The van der Waals surface area contributed by atoms with Crippen LogP contribution < -0.4 is 19.3 Å². The third-order valence-corrected chi connectivity index (χ3v) is 2.87. The van der Waals surface area contributed by atoms with Crippen molar-refractivity contribution in [1.29, 1.82) is 0 Å². The lowest BCUT2D eigenvalue weighted by Crippen LogP contribution is -2.42. The van der Waals surface area contributed by atoms with Gasteiger partial charge in [-0.1, -0.05) is 4.68 Å². The average Bonchev–Trinajstić information content (AvgIpc) is 2.46. The third-order valence-electron chi connectivity index (χ3n) is 2.87. The number of nitrogens with zero attached hydrogens (tertiary/aromatic N) is 2. The van der Waals surface area contributed by atoms with Crippen LogP contribution in [0.4, 0.5) is 0 Å². The molecule has 7 heteroatoms. The van der Waals surface area contributed by atoms with E-state index in [-0.39, 0.29) is 18.9 Å². The Morgan fingerprint density at radius 2 is 1.95 bits per heavy atom. The first-order chi connectivity index (χ1) is 10.1. The van der Waals surface area contributed by atoms with Gasteiger partial charge in [-0.05, 0) is 18.7 Å². The summed E-state index contributed by atoms with van der Waals surface area (Å²) < 4.78 is 16.4. The first kappa shape index (κ1) is 14.8. The topological polar surface area (TPSA) is 84.6 Å². The standard InChI is InChI=1S/C14H16N2O5/c1-4-21-14(18)8-16-7-11(17)9-5-12(19-2)13(20-3)6-10(9)15-16/h5-7H,4,8H2,1-3H3. The van der Waals surface area contributed by atoms with Crippen molar-refractivity contribution in [1.82, 2.24) is 5.10 Å². The first-order valence-corrected chi connectivity index (χ1v) is 6.38. The summed E-state index contributed by atoms with van der Waals surface area (Å²) in [4.78, 5) is 11.5. The van der Waals surface area contributed by atoms with Crippen LogP contribution in [-0.2, 0) is 16.1 Å². The number of hydrogen-bond donors (Lipinski definition) is 0. The van der Waals surface area contributed by atoms with E-state index in [0.29, 0.717) is 22.4 Å². The highest BCUT2D eigenvalue weighted by molar-refractivity contribution is 5.86. The fourth-order valence-electron chi connectivity index (χ4n) is 1.94. The summed E-state index contributed by atoms with van der Waals surface area (Å²) in [7, 11) is 2.99. The fourth-order valence-corrected chi connectivity index (χ4v) is 1.94. The zero-order chi connectivity index (χ0) is 15.4. The normalized spacial score (nSPS) is 10.4. The molecule has 0 spiro atoms. The lowest BCUT2D eigenvalue weighted by molar-refractivity contribution is -0.743. The Morgan fingerprint density at radius 3 is 2.57 bits per heavy atom. The van der Waals surface area contributed by atoms with Crippen molar-refractivity contribution < 1.29 is 28.8 Å². The molecular weight excluding hydrogens is 276 g/mol. The van der Waals surface area contributed by atoms with Crippen molar-refractivity contribution >= 4 is 16.9 Å². The van der Waals surface area contributed by atoms with Crippen LogP contribution in [0.25, 0.3) is 10.9 Å². The van der Waals surface area contributed by atoms with Crippen LogP contribution in [0.2, 0.25) is 0 Å². The van der Waals surface area contributed by atoms with Gasteiger partial charge in [0.05, 0.1) is 20.8 Å². The van der Waals surface area contributed by atoms with Crippen LogP contribution in [0.3, 0.4) is 0 Å². The van der Waals surface area contributed by atoms with E-state index in [4.69, 9.17) is 14.2 Å². The molecule has 0 atom stereocenters. The molecule has 0 bridgehead atoms. The smallest absolute Gasteiger partial charge is 0.375 e. The monoisotopic (exact) mass is 292 g/mol. The molecule has 0 fully saturated rings. The van der Waals surface area contributed by atoms with Crippen molar-refractivity contribution in [2.75, 3.05) is 20.8 Å². The van der Waals surface area contributed by atoms with Crippen molar-refractivity contribution in [3.8, 4) is 17.2 Å². The molecule has 1 aromatic heterocycles. The highest BCUT2D eigenvalue weighted by Gasteiger charge is 2.16. The van der Waals surface area contributed by atoms with Crippen LogP contribution in [0.1, 0.15) is 6.92 Å². The summed E-state index contributed by atoms with van der Waals surface area (Å²) in [6.07, 6.45) is 1.26. The molecule has 0 unspecified atom stereocenters. The van der Waals surface area contributed by atoms with Gasteiger partial charge in [-0.15, -0.1) is 0 Å². The molecule has 7 nitrogen and oxygen atoms in total. The Labute approximate surface area is 121 Å². The van der Waals surface area contributed by atoms with Gasteiger partial charge < -0.3 is 19.3 Å². The fraction of sp³-hybridized carbons (Fsp3) is 0.357. The van der Waals surface area contributed by atoms with E-state index in [1.54, 1.807) is 19.1 Å². The number of fused-ring (bicyclic) bond motifs is 1. The van der Waals surface area contributed by atoms with Crippen molar-refractivity contribution in [3.63, 3.8) is 0 Å². The number of methoxy groups -OCH3 is 2. The Kier molecular flexibility index (Phi) is 4.42. The molecule has 1 aromatic carbocycles. The number of rotatable bonds is 5. The maximum Gasteiger partial charge on any atom is 0.375 e. The minimum atomic E-state index is -0.450. The summed E-state index contributed by atoms with van der Waals surface area (Å²) >= 11 is 0. The number of carbonyl (C=O) groups is 1. The molecule has 0 aliphatic carbocycles. The van der Waals surface area contributed by atoms with Gasteiger partial charge in [-0.3, -0.25) is 0 Å². The summed E-state index contributed by atoms with van der Waals surface area (Å²) in [6.45, 7) is 1.88. The largest absolute Gasteiger partial charge is 0.868 e. The van der Waals surface area contributed by atoms with Gasteiger partial charge in [0.25, 0.3) is 6.54 Å². The highest BCUT2D eigenvalue weighted by Crippen LogP contribution is 2.33. The molecule has 1 heterocycles. The van der Waals surface area contributed by atoms with E-state index in [9.17, 15) is 9.90 Å². The van der Waals surface area contributed by atoms with Crippen molar-refractivity contribution in [2.45, 2.75) is 13.5 Å². The molecule has 112 valence electrons. The predicted octanol–water partition coefficient (Wildman–Crippen LogP) is 0.176. The lowest BCUT2D eigenvalue weighted by Gasteiger charge is -2.12. The van der Waals surface area contributed by atoms with E-state index in [1.807, 2.05) is 0 Å². The summed E-state index contributed by atoms with van der Waals surface area (Å²) in [5.41, 5.74) is 0.421. The molecule has 21 heavy (non-hydrogen) atoms. The van der Waals surface area contributed by atoms with Gasteiger partial charge in [0.15, 0.2) is 17.7 Å². The van der Waals surface area contributed by atoms with Gasteiger partial charge in [-0.2, -0.15) is 0 Å². The third kappa shape index (κ3) is 3.13. The van der Waals surface area contributed by atoms with Crippen LogP contribution in [0.15, 0.2) is 18.3 Å². The van der Waals surface area contributed by atoms with Gasteiger partial charge in [0.2, 0.25) is 0 Å². The van der Waals surface area contributed by atoms with Gasteiger partial charge >= 0.3 is 5.97 Å². The number of aromatic nitrogens is 2. The molecule has 2 aromatic rings. The van der Waals surface area contributed by atoms with Gasteiger partial charge in [-0.25, -0.2) is 4.79 Å². The molecule has 2 rings (SSSR count). The van der Waals surface area contributed by atoms with E-state index < -0.39 is 5.97 Å². The van der Waals surface area contributed by atoms with Crippen LogP contribution in [0, 0.1) is 0 Å². The number of hydrogen-bond acceptors (Lipinski definition) is 6. The summed E-state index contributed by atoms with van der Waals surface area (Å²) in [5, 5.41) is 16.7. The molecule has 0 N–H and O–H groups in total. The van der Waals surface area contributed by atoms with Crippen LogP contribution >= 0.6 is 0 Å². The number of esters is 1. The van der Waals surface area contributed by atoms with Crippen molar-refractivity contribution in [2.24, 2.45) is 0 Å². The Hall–Kier alpha value is -2.57. The second kappa shape index (κ2) is 6.25. The first-order valence-electron chi connectivity index (χ1n) is 6.38. The zero-order valence-electron chi connectivity index (χ0n) is 12.1. The zero-order valence-corrected chi connectivity index (χ0v) is 12.1. The van der Waals surface area contributed by atoms with E-state index in [1.165, 1.54) is 25.1 Å². The Balaban J connectivity index is 2.46. The summed E-state index contributed by atoms with van der Waals surface area (Å²) in [6, 6.07) is 3.16. The number of ether oxygens (including phenoxy) is 3. The summed E-state index contributed by atoms with van der Waals surface area (Å²) in [5.74, 6) is 0.206.